The Bertz CT molecular complexity index is 1100. The highest BCUT2D eigenvalue weighted by Gasteiger charge is 2.19. The van der Waals surface area contributed by atoms with E-state index in [1.165, 1.54) is 6.20 Å². The lowest BCUT2D eigenvalue weighted by Crippen LogP contribution is -2.27. The summed E-state index contributed by atoms with van der Waals surface area (Å²) in [6.07, 6.45) is 0.601. The molecule has 7 heteroatoms. The zero-order chi connectivity index (χ0) is 21.2. The molecule has 29 heavy (non-hydrogen) atoms. The summed E-state index contributed by atoms with van der Waals surface area (Å²) in [7, 11) is 0. The Balaban J connectivity index is 1.87. The monoisotopic (exact) mass is 392 g/mol. The summed E-state index contributed by atoms with van der Waals surface area (Å²) in [5, 5.41) is 12.8. The molecular formula is C22H20N2O5. The fraction of sp³-hybridized carbons (Fsp3) is 0.182. The molecular weight excluding hydrogens is 372 g/mol. The number of hydrogen-bond donors (Lipinski definition) is 2. The number of amides is 1. The molecule has 0 spiro atoms. The van der Waals surface area contributed by atoms with E-state index in [4.69, 9.17) is 4.74 Å². The van der Waals surface area contributed by atoms with Crippen LogP contribution >= 0.6 is 0 Å². The van der Waals surface area contributed by atoms with Gasteiger partial charge in [-0.15, -0.1) is 0 Å². The number of rotatable bonds is 4. The second kappa shape index (κ2) is 7.71. The quantitative estimate of drug-likeness (QED) is 0.633. The van der Waals surface area contributed by atoms with Gasteiger partial charge in [-0.1, -0.05) is 24.3 Å². The van der Waals surface area contributed by atoms with Crippen molar-refractivity contribution in [2.75, 3.05) is 5.32 Å². The molecule has 148 valence electrons. The number of carbonyl (C=O) groups excluding carboxylic acids is 2. The van der Waals surface area contributed by atoms with E-state index in [1.807, 2.05) is 0 Å². The van der Waals surface area contributed by atoms with Crippen LogP contribution in [0.2, 0.25) is 0 Å². The number of aromatic carboxylic acids is 1. The predicted octanol–water partition coefficient (Wildman–Crippen LogP) is 4.51. The highest BCUT2D eigenvalue weighted by molar-refractivity contribution is 6.17. The van der Waals surface area contributed by atoms with Crippen LogP contribution in [0.3, 0.4) is 0 Å². The van der Waals surface area contributed by atoms with E-state index in [1.54, 1.807) is 69.3 Å². The van der Waals surface area contributed by atoms with Crippen molar-refractivity contribution in [2.45, 2.75) is 26.4 Å². The smallest absolute Gasteiger partial charge is 0.412 e. The molecule has 1 heterocycles. The Morgan fingerprint density at radius 2 is 1.59 bits per heavy atom. The first-order valence-corrected chi connectivity index (χ1v) is 8.91. The van der Waals surface area contributed by atoms with Gasteiger partial charge in [-0.3, -0.25) is 15.1 Å². The fourth-order valence-corrected chi connectivity index (χ4v) is 2.81. The zero-order valence-electron chi connectivity index (χ0n) is 16.2. The van der Waals surface area contributed by atoms with Crippen LogP contribution in [0, 0.1) is 0 Å². The highest BCUT2D eigenvalue weighted by atomic mass is 16.6. The van der Waals surface area contributed by atoms with Crippen molar-refractivity contribution in [3.8, 4) is 0 Å². The minimum atomic E-state index is -1.11. The van der Waals surface area contributed by atoms with Crippen LogP contribution in [0.5, 0.6) is 0 Å². The Kier molecular flexibility index (Phi) is 5.32. The van der Waals surface area contributed by atoms with Gasteiger partial charge in [0.05, 0.1) is 5.56 Å². The van der Waals surface area contributed by atoms with Gasteiger partial charge in [-0.2, -0.15) is 0 Å². The number of nitrogens with zero attached hydrogens (tertiary/aromatic N) is 1. The van der Waals surface area contributed by atoms with Gasteiger partial charge in [0.1, 0.15) is 11.3 Å². The molecule has 3 aromatic rings. The van der Waals surface area contributed by atoms with Crippen molar-refractivity contribution in [1.82, 2.24) is 4.98 Å². The molecule has 0 atom stereocenters. The molecule has 7 nitrogen and oxygen atoms in total. The Morgan fingerprint density at radius 3 is 2.17 bits per heavy atom. The number of carboxylic acid groups (broad SMARTS) is 1. The molecule has 2 aromatic carbocycles. The van der Waals surface area contributed by atoms with Crippen molar-refractivity contribution in [1.29, 1.82) is 0 Å². The van der Waals surface area contributed by atoms with Crippen molar-refractivity contribution in [3.63, 3.8) is 0 Å². The average Bonchev–Trinajstić information content (AvgIpc) is 2.65. The van der Waals surface area contributed by atoms with E-state index >= 15 is 0 Å². The topological polar surface area (TPSA) is 106 Å². The SMILES string of the molecule is CC(C)(C)OC(=O)Nc1ccc(C(=O)c2ncc(C(=O)O)c3ccccc23)cc1. The third-order valence-corrected chi connectivity index (χ3v) is 4.03. The predicted molar refractivity (Wildman–Crippen MR) is 108 cm³/mol. The maximum absolute atomic E-state index is 12.9. The summed E-state index contributed by atoms with van der Waals surface area (Å²) in [5.74, 6) is -1.45. The van der Waals surface area contributed by atoms with Gasteiger partial charge in [-0.05, 0) is 45.0 Å². The summed E-state index contributed by atoms with van der Waals surface area (Å²) >= 11 is 0. The fourth-order valence-electron chi connectivity index (χ4n) is 2.81. The summed E-state index contributed by atoms with van der Waals surface area (Å²) in [4.78, 5) is 40.3. The number of carbonyl (C=O) groups is 3. The van der Waals surface area contributed by atoms with E-state index in [0.29, 0.717) is 22.0 Å². The molecule has 0 aliphatic heterocycles. The van der Waals surface area contributed by atoms with Crippen LogP contribution in [-0.2, 0) is 4.74 Å². The minimum absolute atomic E-state index is 0.0362. The average molecular weight is 392 g/mol. The van der Waals surface area contributed by atoms with Crippen LogP contribution in [-0.4, -0.2) is 33.5 Å². The van der Waals surface area contributed by atoms with Gasteiger partial charge in [-0.25, -0.2) is 9.59 Å². The Labute approximate surface area is 167 Å². The van der Waals surface area contributed by atoms with Crippen molar-refractivity contribution in [3.05, 3.63) is 71.5 Å². The molecule has 0 aliphatic rings. The second-order valence-electron chi connectivity index (χ2n) is 7.40. The lowest BCUT2D eigenvalue weighted by Gasteiger charge is -2.19. The number of pyridine rings is 1. The van der Waals surface area contributed by atoms with Crippen molar-refractivity contribution < 1.29 is 24.2 Å². The van der Waals surface area contributed by atoms with Crippen LogP contribution in [0.4, 0.5) is 10.5 Å². The van der Waals surface area contributed by atoms with E-state index in [0.717, 1.165) is 0 Å². The highest BCUT2D eigenvalue weighted by Crippen LogP contribution is 2.24. The number of nitrogens with one attached hydrogen (secondary N) is 1. The Morgan fingerprint density at radius 1 is 0.966 bits per heavy atom. The van der Waals surface area contributed by atoms with Gasteiger partial charge >= 0.3 is 12.1 Å². The summed E-state index contributed by atoms with van der Waals surface area (Å²) < 4.78 is 5.19. The van der Waals surface area contributed by atoms with E-state index in [-0.39, 0.29) is 17.0 Å². The number of fused-ring (bicyclic) bond motifs is 1. The van der Waals surface area contributed by atoms with E-state index in [2.05, 4.69) is 10.3 Å². The van der Waals surface area contributed by atoms with Gasteiger partial charge in [0.25, 0.3) is 0 Å². The van der Waals surface area contributed by atoms with Crippen molar-refractivity contribution >= 4 is 34.3 Å². The second-order valence-corrected chi connectivity index (χ2v) is 7.40. The molecule has 0 unspecified atom stereocenters. The molecule has 0 fully saturated rings. The lowest BCUT2D eigenvalue weighted by atomic mass is 9.99. The normalized spacial score (nSPS) is 11.1. The van der Waals surface area contributed by atoms with Crippen molar-refractivity contribution in [2.24, 2.45) is 0 Å². The molecule has 0 bridgehead atoms. The van der Waals surface area contributed by atoms with Gasteiger partial charge in [0, 0.05) is 28.2 Å². The number of ketones is 1. The van der Waals surface area contributed by atoms with Crippen LogP contribution in [0.15, 0.2) is 54.7 Å². The van der Waals surface area contributed by atoms with Crippen LogP contribution in [0.1, 0.15) is 47.2 Å². The third-order valence-electron chi connectivity index (χ3n) is 4.03. The first-order valence-electron chi connectivity index (χ1n) is 8.91. The molecule has 1 aromatic heterocycles. The first kappa shape index (κ1) is 20.0. The third kappa shape index (κ3) is 4.57. The van der Waals surface area contributed by atoms with Gasteiger partial charge in [0.15, 0.2) is 0 Å². The first-order chi connectivity index (χ1) is 13.7. The summed E-state index contributed by atoms with van der Waals surface area (Å²) in [5.41, 5.74) is 0.428. The van der Waals surface area contributed by atoms with Crippen LogP contribution in [0.25, 0.3) is 10.8 Å². The molecule has 0 aliphatic carbocycles. The molecule has 0 saturated carbocycles. The maximum Gasteiger partial charge on any atom is 0.412 e. The van der Waals surface area contributed by atoms with E-state index < -0.39 is 17.7 Å². The number of anilines is 1. The molecule has 3 rings (SSSR count). The van der Waals surface area contributed by atoms with Crippen LogP contribution < -0.4 is 5.32 Å². The number of aromatic nitrogens is 1. The number of carboxylic acids is 1. The molecule has 0 radical (unpaired) electrons. The molecule has 0 saturated heterocycles. The number of hydrogen-bond acceptors (Lipinski definition) is 5. The van der Waals surface area contributed by atoms with E-state index in [9.17, 15) is 19.5 Å². The largest absolute Gasteiger partial charge is 0.478 e. The minimum Gasteiger partial charge on any atom is -0.478 e. The Hall–Kier alpha value is -3.74. The standard InChI is InChI=1S/C22H20N2O5/c1-22(2,3)29-21(28)24-14-10-8-13(9-11-14)19(25)18-16-7-5-4-6-15(16)17(12-23-18)20(26)27/h4-12H,1-3H3,(H,24,28)(H,26,27). The zero-order valence-corrected chi connectivity index (χ0v) is 16.2. The maximum atomic E-state index is 12.9. The lowest BCUT2D eigenvalue weighted by molar-refractivity contribution is 0.0634. The summed E-state index contributed by atoms with van der Waals surface area (Å²) in [6.45, 7) is 5.30. The number of ether oxygens (including phenoxy) is 1. The molecule has 1 amide bonds. The number of benzene rings is 2. The molecule has 2 N–H and O–H groups in total. The summed E-state index contributed by atoms with van der Waals surface area (Å²) in [6, 6.07) is 13.1. The van der Waals surface area contributed by atoms with Gasteiger partial charge < -0.3 is 9.84 Å². The van der Waals surface area contributed by atoms with Gasteiger partial charge in [0.2, 0.25) is 5.78 Å².